The second-order valence-corrected chi connectivity index (χ2v) is 5.48. The van der Waals surface area contributed by atoms with Crippen molar-refractivity contribution in [2.75, 3.05) is 0 Å². The molecule has 0 spiro atoms. The van der Waals surface area contributed by atoms with Gasteiger partial charge in [-0.3, -0.25) is 4.98 Å². The molecule has 1 unspecified atom stereocenters. The average molecular weight is 266 g/mol. The Kier molecular flexibility index (Phi) is 4.23. The van der Waals surface area contributed by atoms with Gasteiger partial charge in [0, 0.05) is 12.2 Å². The predicted octanol–water partition coefficient (Wildman–Crippen LogP) is 4.17. The molecular weight excluding hydrogens is 246 g/mol. The fourth-order valence-corrected chi connectivity index (χ4v) is 2.48. The summed E-state index contributed by atoms with van der Waals surface area (Å²) in [5.74, 6) is 2.11. The number of alkyl halides is 1. The fraction of sp³-hybridized carbons (Fsp3) is 0.571. The number of halogens is 1. The molecular formula is C14H20ClN3. The molecule has 0 aromatic carbocycles. The van der Waals surface area contributed by atoms with Gasteiger partial charge < -0.3 is 4.57 Å². The first-order chi connectivity index (χ1) is 8.63. The van der Waals surface area contributed by atoms with E-state index in [0.29, 0.717) is 11.9 Å². The van der Waals surface area contributed by atoms with E-state index in [1.807, 2.05) is 12.3 Å². The summed E-state index contributed by atoms with van der Waals surface area (Å²) in [6, 6.07) is 2.44. The van der Waals surface area contributed by atoms with Gasteiger partial charge in [-0.15, -0.1) is 11.6 Å². The highest BCUT2D eigenvalue weighted by Crippen LogP contribution is 2.25. The largest absolute Gasteiger partial charge is 0.324 e. The second kappa shape index (κ2) is 5.70. The Bertz CT molecular complexity index is 519. The van der Waals surface area contributed by atoms with Gasteiger partial charge in [-0.25, -0.2) is 4.98 Å². The summed E-state index contributed by atoms with van der Waals surface area (Å²) in [7, 11) is 0. The molecule has 1 atom stereocenters. The summed E-state index contributed by atoms with van der Waals surface area (Å²) in [4.78, 5) is 8.66. The molecule has 0 aliphatic rings. The SMILES string of the molecule is CC(C)CCC(C)n1c(CCl)nc2cnccc21. The van der Waals surface area contributed by atoms with Crippen molar-refractivity contribution in [2.24, 2.45) is 5.92 Å². The van der Waals surface area contributed by atoms with Crippen molar-refractivity contribution < 1.29 is 0 Å². The lowest BCUT2D eigenvalue weighted by molar-refractivity contribution is 0.440. The lowest BCUT2D eigenvalue weighted by Gasteiger charge is -2.18. The van der Waals surface area contributed by atoms with Gasteiger partial charge in [0.05, 0.1) is 17.6 Å². The van der Waals surface area contributed by atoms with Crippen molar-refractivity contribution in [1.29, 1.82) is 0 Å². The maximum absolute atomic E-state index is 6.01. The summed E-state index contributed by atoms with van der Waals surface area (Å²) in [5, 5.41) is 0. The summed E-state index contributed by atoms with van der Waals surface area (Å²) >= 11 is 6.01. The topological polar surface area (TPSA) is 30.7 Å². The molecule has 2 heterocycles. The Hall–Kier alpha value is -1.09. The van der Waals surface area contributed by atoms with E-state index in [2.05, 4.69) is 35.3 Å². The first-order valence-corrected chi connectivity index (χ1v) is 7.03. The van der Waals surface area contributed by atoms with E-state index in [4.69, 9.17) is 11.6 Å². The van der Waals surface area contributed by atoms with Crippen LogP contribution in [0.3, 0.4) is 0 Å². The summed E-state index contributed by atoms with van der Waals surface area (Å²) in [6.07, 6.45) is 5.98. The zero-order valence-corrected chi connectivity index (χ0v) is 12.0. The van der Waals surface area contributed by atoms with E-state index in [-0.39, 0.29) is 0 Å². The third-order valence-electron chi connectivity index (χ3n) is 3.29. The third kappa shape index (κ3) is 2.66. The number of rotatable bonds is 5. The molecule has 4 heteroatoms. The molecule has 98 valence electrons. The minimum absolute atomic E-state index is 0.425. The molecule has 0 aliphatic carbocycles. The molecule has 0 saturated heterocycles. The van der Waals surface area contributed by atoms with Crippen molar-refractivity contribution in [3.8, 4) is 0 Å². The Morgan fingerprint density at radius 3 is 2.72 bits per heavy atom. The van der Waals surface area contributed by atoms with Gasteiger partial charge in [0.2, 0.25) is 0 Å². The molecule has 0 aliphatic heterocycles. The molecule has 2 aromatic rings. The summed E-state index contributed by atoms with van der Waals surface area (Å²) < 4.78 is 2.26. The van der Waals surface area contributed by atoms with Crippen LogP contribution in [0.1, 0.15) is 45.5 Å². The van der Waals surface area contributed by atoms with Crippen LogP contribution < -0.4 is 0 Å². The first kappa shape index (κ1) is 13.3. The van der Waals surface area contributed by atoms with Gasteiger partial charge in [-0.1, -0.05) is 13.8 Å². The highest BCUT2D eigenvalue weighted by molar-refractivity contribution is 6.16. The molecule has 2 aromatic heterocycles. The normalized spacial score (nSPS) is 13.4. The number of imidazole rings is 1. The molecule has 0 radical (unpaired) electrons. The average Bonchev–Trinajstić information content (AvgIpc) is 2.74. The van der Waals surface area contributed by atoms with Crippen LogP contribution in [0, 0.1) is 5.92 Å². The molecule has 0 saturated carbocycles. The van der Waals surface area contributed by atoms with Crippen LogP contribution in [0.25, 0.3) is 11.0 Å². The van der Waals surface area contributed by atoms with Crippen LogP contribution in [0.5, 0.6) is 0 Å². The zero-order chi connectivity index (χ0) is 13.1. The van der Waals surface area contributed by atoms with E-state index in [9.17, 15) is 0 Å². The molecule has 3 nitrogen and oxygen atoms in total. The highest BCUT2D eigenvalue weighted by Gasteiger charge is 2.15. The van der Waals surface area contributed by atoms with E-state index in [1.165, 1.54) is 6.42 Å². The van der Waals surface area contributed by atoms with Gasteiger partial charge in [0.1, 0.15) is 11.3 Å². The van der Waals surface area contributed by atoms with Crippen molar-refractivity contribution in [2.45, 2.75) is 45.5 Å². The molecule has 0 bridgehead atoms. The maximum Gasteiger partial charge on any atom is 0.125 e. The summed E-state index contributed by atoms with van der Waals surface area (Å²) in [6.45, 7) is 6.75. The van der Waals surface area contributed by atoms with Crippen molar-refractivity contribution >= 4 is 22.6 Å². The third-order valence-corrected chi connectivity index (χ3v) is 3.53. The zero-order valence-electron chi connectivity index (χ0n) is 11.2. The maximum atomic E-state index is 6.01. The van der Waals surface area contributed by atoms with Crippen LogP contribution in [0.2, 0.25) is 0 Å². The number of aromatic nitrogens is 3. The standard InChI is InChI=1S/C14H20ClN3/c1-10(2)4-5-11(3)18-13-6-7-16-9-12(13)17-14(18)8-15/h6-7,9-11H,4-5,8H2,1-3H3. The smallest absolute Gasteiger partial charge is 0.125 e. The lowest BCUT2D eigenvalue weighted by Crippen LogP contribution is -2.09. The molecule has 18 heavy (non-hydrogen) atoms. The number of fused-ring (bicyclic) bond motifs is 1. The van der Waals surface area contributed by atoms with E-state index >= 15 is 0 Å². The fourth-order valence-electron chi connectivity index (χ4n) is 2.29. The van der Waals surface area contributed by atoms with Gasteiger partial charge >= 0.3 is 0 Å². The Labute approximate surface area is 113 Å². The second-order valence-electron chi connectivity index (χ2n) is 5.22. The quantitative estimate of drug-likeness (QED) is 0.760. The minimum Gasteiger partial charge on any atom is -0.324 e. The van der Waals surface area contributed by atoms with E-state index in [0.717, 1.165) is 29.2 Å². The Morgan fingerprint density at radius 2 is 2.06 bits per heavy atom. The lowest BCUT2D eigenvalue weighted by atomic mass is 10.0. The van der Waals surface area contributed by atoms with E-state index < -0.39 is 0 Å². The molecule has 0 amide bonds. The monoisotopic (exact) mass is 265 g/mol. The molecule has 2 rings (SSSR count). The van der Waals surface area contributed by atoms with E-state index in [1.54, 1.807) is 6.20 Å². The molecule has 0 fully saturated rings. The Balaban J connectivity index is 2.35. The van der Waals surface area contributed by atoms with Crippen LogP contribution in [-0.2, 0) is 5.88 Å². The number of hydrogen-bond acceptors (Lipinski definition) is 2. The molecule has 0 N–H and O–H groups in total. The summed E-state index contributed by atoms with van der Waals surface area (Å²) in [5.41, 5.74) is 2.07. The van der Waals surface area contributed by atoms with Crippen molar-refractivity contribution in [3.05, 3.63) is 24.3 Å². The van der Waals surface area contributed by atoms with Gasteiger partial charge in [-0.2, -0.15) is 0 Å². The first-order valence-electron chi connectivity index (χ1n) is 6.50. The number of pyridine rings is 1. The van der Waals surface area contributed by atoms with Crippen molar-refractivity contribution in [1.82, 2.24) is 14.5 Å². The Morgan fingerprint density at radius 1 is 1.28 bits per heavy atom. The van der Waals surface area contributed by atoms with Gasteiger partial charge in [0.25, 0.3) is 0 Å². The van der Waals surface area contributed by atoms with Crippen LogP contribution >= 0.6 is 11.6 Å². The minimum atomic E-state index is 0.425. The van der Waals surface area contributed by atoms with Crippen LogP contribution in [-0.4, -0.2) is 14.5 Å². The van der Waals surface area contributed by atoms with Crippen LogP contribution in [0.15, 0.2) is 18.5 Å². The van der Waals surface area contributed by atoms with Crippen molar-refractivity contribution in [3.63, 3.8) is 0 Å². The predicted molar refractivity (Wildman–Crippen MR) is 75.9 cm³/mol. The number of nitrogens with zero attached hydrogens (tertiary/aromatic N) is 3. The van der Waals surface area contributed by atoms with Gasteiger partial charge in [0.15, 0.2) is 0 Å². The van der Waals surface area contributed by atoms with Gasteiger partial charge in [-0.05, 0) is 31.7 Å². The van der Waals surface area contributed by atoms with Crippen LogP contribution in [0.4, 0.5) is 0 Å². The number of hydrogen-bond donors (Lipinski definition) is 0. The highest BCUT2D eigenvalue weighted by atomic mass is 35.5.